The largest absolute Gasteiger partial charge is 0.347 e. The predicted molar refractivity (Wildman–Crippen MR) is 63.0 cm³/mol. The minimum absolute atomic E-state index is 0.0745. The van der Waals surface area contributed by atoms with Crippen LogP contribution in [0.1, 0.15) is 18.9 Å². The second kappa shape index (κ2) is 5.12. The summed E-state index contributed by atoms with van der Waals surface area (Å²) in [7, 11) is 0. The molecule has 2 unspecified atom stereocenters. The predicted octanol–water partition coefficient (Wildman–Crippen LogP) is 1.85. The fourth-order valence-electron chi connectivity index (χ4n) is 2.08. The molecule has 0 amide bonds. The van der Waals surface area contributed by atoms with Crippen LogP contribution in [0.3, 0.4) is 0 Å². The fourth-order valence-corrected chi connectivity index (χ4v) is 2.08. The first kappa shape index (κ1) is 12.5. The highest BCUT2D eigenvalue weighted by Crippen LogP contribution is 2.28. The van der Waals surface area contributed by atoms with Crippen LogP contribution in [0.4, 0.5) is 4.39 Å². The molecule has 0 radical (unpaired) electrons. The third-order valence-corrected chi connectivity index (χ3v) is 2.92. The fraction of sp³-hybridized carbons (Fsp3) is 0.538. The van der Waals surface area contributed by atoms with Crippen LogP contribution in [0.2, 0.25) is 0 Å². The molecule has 0 bridgehead atoms. The first-order valence-corrected chi connectivity index (χ1v) is 5.87. The first-order valence-electron chi connectivity index (χ1n) is 5.87. The minimum Gasteiger partial charge on any atom is -0.347 e. The molecule has 0 saturated carbocycles. The Morgan fingerprint density at radius 2 is 2.12 bits per heavy atom. The van der Waals surface area contributed by atoms with Crippen molar-refractivity contribution in [2.24, 2.45) is 5.73 Å². The zero-order valence-electron chi connectivity index (χ0n) is 9.99. The highest BCUT2D eigenvalue weighted by molar-refractivity contribution is 5.17. The molecule has 2 atom stereocenters. The van der Waals surface area contributed by atoms with Gasteiger partial charge in [-0.25, -0.2) is 4.39 Å². The zero-order chi connectivity index (χ0) is 12.3. The van der Waals surface area contributed by atoms with Crippen LogP contribution in [-0.2, 0) is 15.9 Å². The third-order valence-electron chi connectivity index (χ3n) is 2.92. The molecule has 1 fully saturated rings. The van der Waals surface area contributed by atoms with Gasteiger partial charge < -0.3 is 15.2 Å². The summed E-state index contributed by atoms with van der Waals surface area (Å²) in [5.74, 6) is -0.842. The van der Waals surface area contributed by atoms with Gasteiger partial charge in [-0.1, -0.05) is 12.1 Å². The molecule has 3 nitrogen and oxygen atoms in total. The Kier molecular flexibility index (Phi) is 3.76. The summed E-state index contributed by atoms with van der Waals surface area (Å²) in [5.41, 5.74) is 6.49. The van der Waals surface area contributed by atoms with E-state index < -0.39 is 5.79 Å². The molecular weight excluding hydrogens is 221 g/mol. The van der Waals surface area contributed by atoms with Crippen molar-refractivity contribution in [2.45, 2.75) is 31.7 Å². The topological polar surface area (TPSA) is 44.5 Å². The highest BCUT2D eigenvalue weighted by atomic mass is 19.1. The number of rotatable bonds is 4. The van der Waals surface area contributed by atoms with E-state index in [4.69, 9.17) is 15.2 Å². The number of benzene rings is 1. The summed E-state index contributed by atoms with van der Waals surface area (Å²) in [6.07, 6.45) is 1.50. The van der Waals surface area contributed by atoms with Crippen molar-refractivity contribution >= 4 is 0 Å². The van der Waals surface area contributed by atoms with Crippen LogP contribution in [0.5, 0.6) is 0 Å². The van der Waals surface area contributed by atoms with Gasteiger partial charge in [0.1, 0.15) is 5.82 Å². The van der Waals surface area contributed by atoms with Crippen molar-refractivity contribution in [1.29, 1.82) is 0 Å². The molecule has 1 aromatic carbocycles. The molecule has 1 heterocycles. The van der Waals surface area contributed by atoms with Crippen molar-refractivity contribution < 1.29 is 13.9 Å². The van der Waals surface area contributed by atoms with Crippen LogP contribution in [0.15, 0.2) is 24.3 Å². The number of nitrogens with two attached hydrogens (primary N) is 1. The van der Waals surface area contributed by atoms with Gasteiger partial charge in [0.15, 0.2) is 5.79 Å². The maximum absolute atomic E-state index is 12.8. The zero-order valence-corrected chi connectivity index (χ0v) is 9.99. The van der Waals surface area contributed by atoms with E-state index in [1.54, 1.807) is 12.1 Å². The normalized spacial score (nSPS) is 28.5. The summed E-state index contributed by atoms with van der Waals surface area (Å²) < 4.78 is 24.3. The molecule has 94 valence electrons. The Bertz CT molecular complexity index is 368. The van der Waals surface area contributed by atoms with E-state index in [1.165, 1.54) is 12.1 Å². The monoisotopic (exact) mass is 239 g/mol. The minimum atomic E-state index is -0.613. The molecule has 2 rings (SSSR count). The standard InChI is InChI=1S/C13H18FNO2/c1-13(16-9-12(17-13)6-7-15)8-10-2-4-11(14)5-3-10/h2-5,12H,6-9,15H2,1H3. The van der Waals surface area contributed by atoms with Crippen molar-refractivity contribution in [3.05, 3.63) is 35.6 Å². The number of hydrogen-bond acceptors (Lipinski definition) is 3. The molecule has 4 heteroatoms. The molecule has 1 aliphatic rings. The SMILES string of the molecule is CC1(Cc2ccc(F)cc2)OCC(CCN)O1. The summed E-state index contributed by atoms with van der Waals surface area (Å²) >= 11 is 0. The maximum atomic E-state index is 12.8. The van der Waals surface area contributed by atoms with E-state index in [-0.39, 0.29) is 11.9 Å². The second-order valence-corrected chi connectivity index (χ2v) is 4.57. The van der Waals surface area contributed by atoms with Gasteiger partial charge >= 0.3 is 0 Å². The molecule has 1 aromatic rings. The van der Waals surface area contributed by atoms with Crippen LogP contribution in [0, 0.1) is 5.82 Å². The first-order chi connectivity index (χ1) is 8.11. The second-order valence-electron chi connectivity index (χ2n) is 4.57. The Morgan fingerprint density at radius 3 is 2.76 bits per heavy atom. The Labute approximate surface area is 101 Å². The summed E-state index contributed by atoms with van der Waals surface area (Å²) in [5, 5.41) is 0. The van der Waals surface area contributed by atoms with E-state index in [1.807, 2.05) is 6.92 Å². The number of hydrogen-bond donors (Lipinski definition) is 1. The van der Waals surface area contributed by atoms with Gasteiger partial charge in [0.25, 0.3) is 0 Å². The van der Waals surface area contributed by atoms with Crippen LogP contribution < -0.4 is 5.73 Å². The molecule has 0 aliphatic carbocycles. The van der Waals surface area contributed by atoms with E-state index >= 15 is 0 Å². The van der Waals surface area contributed by atoms with Gasteiger partial charge in [-0.05, 0) is 37.6 Å². The third kappa shape index (κ3) is 3.25. The van der Waals surface area contributed by atoms with Crippen LogP contribution >= 0.6 is 0 Å². The molecular formula is C13H18FNO2. The lowest BCUT2D eigenvalue weighted by Gasteiger charge is -2.23. The average Bonchev–Trinajstić information content (AvgIpc) is 2.64. The maximum Gasteiger partial charge on any atom is 0.170 e. The van der Waals surface area contributed by atoms with Gasteiger partial charge in [-0.3, -0.25) is 0 Å². The summed E-state index contributed by atoms with van der Waals surface area (Å²) in [6.45, 7) is 3.09. The molecule has 0 aromatic heterocycles. The number of halogens is 1. The van der Waals surface area contributed by atoms with Gasteiger partial charge in [-0.15, -0.1) is 0 Å². The van der Waals surface area contributed by atoms with Gasteiger partial charge in [-0.2, -0.15) is 0 Å². The van der Waals surface area contributed by atoms with Crippen molar-refractivity contribution in [3.63, 3.8) is 0 Å². The summed E-state index contributed by atoms with van der Waals surface area (Å²) in [6, 6.07) is 6.41. The van der Waals surface area contributed by atoms with Crippen LogP contribution in [0.25, 0.3) is 0 Å². The molecule has 17 heavy (non-hydrogen) atoms. The molecule has 2 N–H and O–H groups in total. The van der Waals surface area contributed by atoms with E-state index in [0.29, 0.717) is 19.6 Å². The highest BCUT2D eigenvalue weighted by Gasteiger charge is 2.36. The van der Waals surface area contributed by atoms with Crippen LogP contribution in [-0.4, -0.2) is 25.0 Å². The Hall–Kier alpha value is -0.970. The van der Waals surface area contributed by atoms with Crippen molar-refractivity contribution in [3.8, 4) is 0 Å². The Morgan fingerprint density at radius 1 is 1.41 bits per heavy atom. The quantitative estimate of drug-likeness (QED) is 0.872. The van der Waals surface area contributed by atoms with Gasteiger partial charge in [0, 0.05) is 6.42 Å². The molecule has 1 aliphatic heterocycles. The number of ether oxygens (including phenoxy) is 2. The van der Waals surface area contributed by atoms with Crippen molar-refractivity contribution in [2.75, 3.05) is 13.2 Å². The molecule has 1 saturated heterocycles. The van der Waals surface area contributed by atoms with Crippen molar-refractivity contribution in [1.82, 2.24) is 0 Å². The van der Waals surface area contributed by atoms with Gasteiger partial charge in [0.05, 0.1) is 12.7 Å². The lowest BCUT2D eigenvalue weighted by molar-refractivity contribution is -0.152. The van der Waals surface area contributed by atoms with E-state index in [0.717, 1.165) is 12.0 Å². The average molecular weight is 239 g/mol. The smallest absolute Gasteiger partial charge is 0.170 e. The Balaban J connectivity index is 1.96. The van der Waals surface area contributed by atoms with Gasteiger partial charge in [0.2, 0.25) is 0 Å². The van der Waals surface area contributed by atoms with E-state index in [2.05, 4.69) is 0 Å². The molecule has 0 spiro atoms. The lowest BCUT2D eigenvalue weighted by Crippen LogP contribution is -2.30. The lowest BCUT2D eigenvalue weighted by atomic mass is 10.1. The summed E-state index contributed by atoms with van der Waals surface area (Å²) in [4.78, 5) is 0. The van der Waals surface area contributed by atoms with E-state index in [9.17, 15) is 4.39 Å².